The summed E-state index contributed by atoms with van der Waals surface area (Å²) in [5.74, 6) is -0.770. The zero-order valence-corrected chi connectivity index (χ0v) is 17.0. The van der Waals surface area contributed by atoms with Gasteiger partial charge in [-0.1, -0.05) is 35.9 Å². The molecule has 2 aliphatic rings. The molecule has 8 heteroatoms. The van der Waals surface area contributed by atoms with Gasteiger partial charge in [0.2, 0.25) is 0 Å². The van der Waals surface area contributed by atoms with Crippen LogP contribution in [0.15, 0.2) is 47.4 Å². The molecule has 29 heavy (non-hydrogen) atoms. The zero-order valence-electron chi connectivity index (χ0n) is 15.4. The molecule has 0 spiro atoms. The minimum atomic E-state index is -0.405. The molecule has 2 heterocycles. The molecule has 2 amide bonds. The van der Waals surface area contributed by atoms with E-state index >= 15 is 0 Å². The fraction of sp³-hybridized carbons (Fsp3) is 0.238. The van der Waals surface area contributed by atoms with Gasteiger partial charge < -0.3 is 9.64 Å². The van der Waals surface area contributed by atoms with Crippen molar-refractivity contribution in [2.45, 2.75) is 6.54 Å². The molecule has 2 aromatic carbocycles. The molecular formula is C21H18ClFN2O3S. The van der Waals surface area contributed by atoms with Crippen molar-refractivity contribution in [3.63, 3.8) is 0 Å². The summed E-state index contributed by atoms with van der Waals surface area (Å²) in [6.07, 6.45) is 1.55. The van der Waals surface area contributed by atoms with E-state index in [1.54, 1.807) is 42.5 Å². The molecule has 0 saturated carbocycles. The normalized spacial score (nSPS) is 18.8. The number of carbonyl (C=O) groups is 2. The Morgan fingerprint density at radius 3 is 2.62 bits per heavy atom. The van der Waals surface area contributed by atoms with Gasteiger partial charge in [0.05, 0.1) is 30.4 Å². The highest BCUT2D eigenvalue weighted by molar-refractivity contribution is 8.18. The van der Waals surface area contributed by atoms with Gasteiger partial charge in [0.15, 0.2) is 0 Å². The van der Waals surface area contributed by atoms with Gasteiger partial charge in [0.1, 0.15) is 5.82 Å². The summed E-state index contributed by atoms with van der Waals surface area (Å²) in [6, 6.07) is 11.9. The minimum absolute atomic E-state index is 0.103. The lowest BCUT2D eigenvalue weighted by Gasteiger charge is -2.29. The Bertz CT molecular complexity index is 992. The second-order valence-corrected chi connectivity index (χ2v) is 8.07. The third-order valence-electron chi connectivity index (χ3n) is 4.78. The Balaban J connectivity index is 1.52. The monoisotopic (exact) mass is 432 g/mol. The second kappa shape index (κ2) is 8.57. The number of halogens is 2. The van der Waals surface area contributed by atoms with E-state index in [4.69, 9.17) is 16.3 Å². The maximum atomic E-state index is 14.6. The number of benzene rings is 2. The van der Waals surface area contributed by atoms with Crippen molar-refractivity contribution in [1.82, 2.24) is 4.90 Å². The van der Waals surface area contributed by atoms with Gasteiger partial charge in [-0.15, -0.1) is 0 Å². The summed E-state index contributed by atoms with van der Waals surface area (Å²) >= 11 is 6.98. The first-order valence-electron chi connectivity index (χ1n) is 9.14. The summed E-state index contributed by atoms with van der Waals surface area (Å²) in [6.45, 7) is 2.51. The first-order chi connectivity index (χ1) is 14.0. The van der Waals surface area contributed by atoms with Crippen LogP contribution in [0.5, 0.6) is 0 Å². The van der Waals surface area contributed by atoms with E-state index in [0.29, 0.717) is 48.1 Å². The molecule has 0 bridgehead atoms. The third-order valence-corrected chi connectivity index (χ3v) is 6.06. The third kappa shape index (κ3) is 4.32. The summed E-state index contributed by atoms with van der Waals surface area (Å²) in [5, 5.41) is 0.128. The van der Waals surface area contributed by atoms with Crippen molar-refractivity contribution in [3.05, 3.63) is 69.3 Å². The van der Waals surface area contributed by atoms with Gasteiger partial charge in [0, 0.05) is 18.1 Å². The number of rotatable bonds is 4. The quantitative estimate of drug-likeness (QED) is 0.663. The Hall–Kier alpha value is -2.35. The minimum Gasteiger partial charge on any atom is -0.378 e. The number of carbonyl (C=O) groups excluding carboxylic acids is 2. The van der Waals surface area contributed by atoms with Crippen LogP contribution in [0.3, 0.4) is 0 Å². The van der Waals surface area contributed by atoms with Crippen molar-refractivity contribution in [1.29, 1.82) is 0 Å². The van der Waals surface area contributed by atoms with E-state index in [-0.39, 0.29) is 22.5 Å². The van der Waals surface area contributed by atoms with E-state index in [1.165, 1.54) is 6.07 Å². The molecule has 2 aromatic rings. The van der Waals surface area contributed by atoms with Crippen LogP contribution in [0.2, 0.25) is 5.02 Å². The molecule has 0 unspecified atom stereocenters. The van der Waals surface area contributed by atoms with Crippen LogP contribution in [0.1, 0.15) is 11.1 Å². The number of hydrogen-bond acceptors (Lipinski definition) is 5. The van der Waals surface area contributed by atoms with Gasteiger partial charge in [-0.05, 0) is 47.2 Å². The highest BCUT2D eigenvalue weighted by Gasteiger charge is 2.35. The van der Waals surface area contributed by atoms with E-state index in [0.717, 1.165) is 16.7 Å². The van der Waals surface area contributed by atoms with Gasteiger partial charge in [0.25, 0.3) is 11.1 Å². The standard InChI is InChI=1S/C21H18ClFN2O3S/c22-16-4-2-1-3-15(16)13-25-20(26)19(29-21(25)27)12-14-5-6-18(17(23)11-14)24-7-9-28-10-8-24/h1-6,11-12H,7-10,13H2/b19-12-. The second-order valence-electron chi connectivity index (χ2n) is 6.67. The van der Waals surface area contributed by atoms with Crippen LogP contribution < -0.4 is 4.90 Å². The van der Waals surface area contributed by atoms with Crippen LogP contribution in [-0.2, 0) is 16.1 Å². The summed E-state index contributed by atoms with van der Waals surface area (Å²) < 4.78 is 19.9. The molecule has 2 fully saturated rings. The summed E-state index contributed by atoms with van der Waals surface area (Å²) in [4.78, 5) is 28.4. The van der Waals surface area contributed by atoms with Gasteiger partial charge in [-0.3, -0.25) is 14.5 Å². The Morgan fingerprint density at radius 2 is 1.90 bits per heavy atom. The van der Waals surface area contributed by atoms with E-state index < -0.39 is 5.91 Å². The highest BCUT2D eigenvalue weighted by atomic mass is 35.5. The molecule has 0 aromatic heterocycles. The molecule has 2 saturated heterocycles. The first-order valence-corrected chi connectivity index (χ1v) is 10.3. The maximum Gasteiger partial charge on any atom is 0.293 e. The Kier molecular flexibility index (Phi) is 5.89. The number of anilines is 1. The number of morpholine rings is 1. The molecule has 0 atom stereocenters. The molecule has 0 N–H and O–H groups in total. The van der Waals surface area contributed by atoms with Crippen LogP contribution in [-0.4, -0.2) is 42.3 Å². The summed E-state index contributed by atoms with van der Waals surface area (Å²) in [7, 11) is 0. The van der Waals surface area contributed by atoms with E-state index in [9.17, 15) is 14.0 Å². The lowest BCUT2D eigenvalue weighted by molar-refractivity contribution is -0.123. The van der Waals surface area contributed by atoms with Crippen molar-refractivity contribution in [2.24, 2.45) is 0 Å². The molecule has 0 aliphatic carbocycles. The van der Waals surface area contributed by atoms with Crippen LogP contribution >= 0.6 is 23.4 Å². The number of ether oxygens (including phenoxy) is 1. The van der Waals surface area contributed by atoms with E-state index in [1.807, 2.05) is 4.90 Å². The lowest BCUT2D eigenvalue weighted by Crippen LogP contribution is -2.36. The number of thioether (sulfide) groups is 1. The number of imide groups is 1. The van der Waals surface area contributed by atoms with Crippen molar-refractivity contribution in [3.8, 4) is 0 Å². The van der Waals surface area contributed by atoms with Crippen molar-refractivity contribution < 1.29 is 18.7 Å². The highest BCUT2D eigenvalue weighted by Crippen LogP contribution is 2.34. The van der Waals surface area contributed by atoms with Gasteiger partial charge in [-0.2, -0.15) is 0 Å². The predicted octanol–water partition coefficient (Wildman–Crippen LogP) is 4.55. The fourth-order valence-electron chi connectivity index (χ4n) is 3.26. The molecule has 4 rings (SSSR count). The predicted molar refractivity (Wildman–Crippen MR) is 112 cm³/mol. The molecule has 2 aliphatic heterocycles. The topological polar surface area (TPSA) is 49.9 Å². The van der Waals surface area contributed by atoms with E-state index in [2.05, 4.69) is 0 Å². The van der Waals surface area contributed by atoms with Crippen LogP contribution in [0.25, 0.3) is 6.08 Å². The number of nitrogens with zero attached hydrogens (tertiary/aromatic N) is 2. The van der Waals surface area contributed by atoms with Gasteiger partial charge in [-0.25, -0.2) is 4.39 Å². The van der Waals surface area contributed by atoms with Crippen molar-refractivity contribution >= 4 is 46.3 Å². The van der Waals surface area contributed by atoms with Gasteiger partial charge >= 0.3 is 0 Å². The van der Waals surface area contributed by atoms with Crippen LogP contribution in [0.4, 0.5) is 14.9 Å². The number of hydrogen-bond donors (Lipinski definition) is 0. The first kappa shape index (κ1) is 19.9. The molecule has 0 radical (unpaired) electrons. The SMILES string of the molecule is O=C1S/C(=C\c2ccc(N3CCOCC3)c(F)c2)C(=O)N1Cc1ccccc1Cl. The van der Waals surface area contributed by atoms with Crippen molar-refractivity contribution in [2.75, 3.05) is 31.2 Å². The molecular weight excluding hydrogens is 415 g/mol. The zero-order chi connectivity index (χ0) is 20.4. The number of amides is 2. The lowest BCUT2D eigenvalue weighted by atomic mass is 10.1. The average Bonchev–Trinajstić information content (AvgIpc) is 2.98. The smallest absolute Gasteiger partial charge is 0.293 e. The fourth-order valence-corrected chi connectivity index (χ4v) is 4.29. The average molecular weight is 433 g/mol. The molecule has 5 nitrogen and oxygen atoms in total. The largest absolute Gasteiger partial charge is 0.378 e. The Labute approximate surface area is 177 Å². The summed E-state index contributed by atoms with van der Waals surface area (Å²) in [5.41, 5.74) is 1.73. The maximum absolute atomic E-state index is 14.6. The Morgan fingerprint density at radius 1 is 1.14 bits per heavy atom. The van der Waals surface area contributed by atoms with Crippen LogP contribution in [0, 0.1) is 5.82 Å². The molecule has 150 valence electrons.